The molecule has 0 heterocycles. The molecule has 0 saturated carbocycles. The summed E-state index contributed by atoms with van der Waals surface area (Å²) in [5.74, 6) is -1.56. The number of hydrogen-bond donors (Lipinski definition) is 1. The molecule has 2 aromatic rings. The zero-order chi connectivity index (χ0) is 18.6. The van der Waals surface area contributed by atoms with Gasteiger partial charge in [-0.1, -0.05) is 41.4 Å². The van der Waals surface area contributed by atoms with Gasteiger partial charge in [-0.25, -0.2) is 0 Å². The molecule has 3 nitrogen and oxygen atoms in total. The number of carbonyl (C=O) groups is 2. The van der Waals surface area contributed by atoms with Gasteiger partial charge < -0.3 is 5.32 Å². The van der Waals surface area contributed by atoms with Crippen LogP contribution in [0.5, 0.6) is 0 Å². The second kappa shape index (κ2) is 7.70. The van der Waals surface area contributed by atoms with Crippen LogP contribution in [0.4, 0.5) is 13.2 Å². The van der Waals surface area contributed by atoms with Crippen molar-refractivity contribution in [2.75, 3.05) is 0 Å². The van der Waals surface area contributed by atoms with E-state index in [9.17, 15) is 22.8 Å². The van der Waals surface area contributed by atoms with Gasteiger partial charge in [0.2, 0.25) is 0 Å². The van der Waals surface area contributed by atoms with Gasteiger partial charge in [0.05, 0.1) is 6.42 Å². The quantitative estimate of drug-likeness (QED) is 0.784. The summed E-state index contributed by atoms with van der Waals surface area (Å²) in [4.78, 5) is 24.6. The number of nitrogens with one attached hydrogen (secondary N) is 1. The highest BCUT2D eigenvalue weighted by atomic mass is 35.5. The van der Waals surface area contributed by atoms with Crippen molar-refractivity contribution < 1.29 is 22.8 Å². The van der Waals surface area contributed by atoms with Crippen molar-refractivity contribution in [3.8, 4) is 0 Å². The standard InChI is InChI=1S/C18H15ClF3NO2/c1-11-2-4-12(5-3-11)16(24)15(10-18(20,21)22)23-17(25)13-6-8-14(19)9-7-13/h2-9,15H,10H2,1H3,(H,23,25). The smallest absolute Gasteiger partial charge is 0.341 e. The first kappa shape index (κ1) is 19.0. The van der Waals surface area contributed by atoms with Crippen LogP contribution in [0.1, 0.15) is 32.7 Å². The van der Waals surface area contributed by atoms with Crippen LogP contribution in [0.15, 0.2) is 48.5 Å². The highest BCUT2D eigenvalue weighted by molar-refractivity contribution is 6.30. The zero-order valence-electron chi connectivity index (χ0n) is 13.2. The van der Waals surface area contributed by atoms with Crippen LogP contribution in [-0.4, -0.2) is 23.9 Å². The molecule has 0 aliphatic heterocycles. The predicted octanol–water partition coefficient (Wildman–Crippen LogP) is 4.58. The summed E-state index contributed by atoms with van der Waals surface area (Å²) >= 11 is 5.72. The van der Waals surface area contributed by atoms with Crippen molar-refractivity contribution in [2.24, 2.45) is 0 Å². The Morgan fingerprint density at radius 2 is 1.52 bits per heavy atom. The van der Waals surface area contributed by atoms with Crippen molar-refractivity contribution in [1.29, 1.82) is 0 Å². The summed E-state index contributed by atoms with van der Waals surface area (Å²) in [6.45, 7) is 1.80. The van der Waals surface area contributed by atoms with Crippen LogP contribution in [-0.2, 0) is 0 Å². The van der Waals surface area contributed by atoms with Crippen molar-refractivity contribution in [2.45, 2.75) is 25.6 Å². The second-order valence-corrected chi connectivity index (χ2v) is 6.02. The number of benzene rings is 2. The van der Waals surface area contributed by atoms with E-state index in [1.54, 1.807) is 19.1 Å². The molecular weight excluding hydrogens is 355 g/mol. The monoisotopic (exact) mass is 369 g/mol. The molecule has 0 aliphatic rings. The molecule has 1 amide bonds. The van der Waals surface area contributed by atoms with Crippen LogP contribution < -0.4 is 5.32 Å². The van der Waals surface area contributed by atoms with Gasteiger partial charge >= 0.3 is 6.18 Å². The Morgan fingerprint density at radius 1 is 1.00 bits per heavy atom. The van der Waals surface area contributed by atoms with E-state index in [1.807, 2.05) is 0 Å². The third-order valence-corrected chi connectivity index (χ3v) is 3.75. The SMILES string of the molecule is Cc1ccc(C(=O)C(CC(F)(F)F)NC(=O)c2ccc(Cl)cc2)cc1. The number of aryl methyl sites for hydroxylation is 1. The first-order valence-corrected chi connectivity index (χ1v) is 7.77. The molecule has 1 unspecified atom stereocenters. The van der Waals surface area contributed by atoms with Gasteiger partial charge in [-0.05, 0) is 31.2 Å². The van der Waals surface area contributed by atoms with Gasteiger partial charge in [0.15, 0.2) is 5.78 Å². The molecule has 25 heavy (non-hydrogen) atoms. The lowest BCUT2D eigenvalue weighted by Crippen LogP contribution is -2.43. The molecule has 132 valence electrons. The molecule has 0 radical (unpaired) electrons. The Balaban J connectivity index is 2.23. The molecule has 0 saturated heterocycles. The molecule has 0 fully saturated rings. The number of rotatable bonds is 5. The largest absolute Gasteiger partial charge is 0.391 e. The minimum Gasteiger partial charge on any atom is -0.341 e. The number of alkyl halides is 3. The lowest BCUT2D eigenvalue weighted by molar-refractivity contribution is -0.137. The topological polar surface area (TPSA) is 46.2 Å². The average molecular weight is 370 g/mol. The fourth-order valence-corrected chi connectivity index (χ4v) is 2.33. The number of Topliss-reactive ketones (excluding diaryl/α,β-unsaturated/α-hetero) is 1. The molecule has 0 aliphatic carbocycles. The molecule has 0 bridgehead atoms. The van der Waals surface area contributed by atoms with Crippen LogP contribution in [0, 0.1) is 6.92 Å². The van der Waals surface area contributed by atoms with E-state index in [0.29, 0.717) is 5.02 Å². The highest BCUT2D eigenvalue weighted by Gasteiger charge is 2.36. The van der Waals surface area contributed by atoms with E-state index in [0.717, 1.165) is 5.56 Å². The van der Waals surface area contributed by atoms with E-state index in [1.165, 1.54) is 36.4 Å². The molecule has 7 heteroatoms. The number of amides is 1. The van der Waals surface area contributed by atoms with E-state index in [4.69, 9.17) is 11.6 Å². The Bertz CT molecular complexity index is 755. The highest BCUT2D eigenvalue weighted by Crippen LogP contribution is 2.24. The fourth-order valence-electron chi connectivity index (χ4n) is 2.20. The number of carbonyl (C=O) groups excluding carboxylic acids is 2. The summed E-state index contributed by atoms with van der Waals surface area (Å²) < 4.78 is 38.5. The van der Waals surface area contributed by atoms with Crippen LogP contribution in [0.2, 0.25) is 5.02 Å². The number of halogens is 4. The summed E-state index contributed by atoms with van der Waals surface area (Å²) in [7, 11) is 0. The summed E-state index contributed by atoms with van der Waals surface area (Å²) in [6.07, 6.45) is -6.04. The maximum absolute atomic E-state index is 12.8. The minimum atomic E-state index is -4.60. The summed E-state index contributed by atoms with van der Waals surface area (Å²) in [5, 5.41) is 2.56. The van der Waals surface area contributed by atoms with E-state index in [-0.39, 0.29) is 11.1 Å². The molecule has 1 N–H and O–H groups in total. The molecule has 0 spiro atoms. The third kappa shape index (κ3) is 5.60. The van der Waals surface area contributed by atoms with Crippen molar-refractivity contribution in [1.82, 2.24) is 5.32 Å². The van der Waals surface area contributed by atoms with Gasteiger partial charge in [0.25, 0.3) is 5.91 Å². The molecular formula is C18H15ClF3NO2. The number of hydrogen-bond acceptors (Lipinski definition) is 2. The minimum absolute atomic E-state index is 0.108. The van der Waals surface area contributed by atoms with E-state index >= 15 is 0 Å². The Morgan fingerprint density at radius 3 is 2.04 bits per heavy atom. The maximum Gasteiger partial charge on any atom is 0.391 e. The lowest BCUT2D eigenvalue weighted by atomic mass is 10.00. The van der Waals surface area contributed by atoms with E-state index in [2.05, 4.69) is 5.32 Å². The summed E-state index contributed by atoms with van der Waals surface area (Å²) in [5.41, 5.74) is 1.10. The lowest BCUT2D eigenvalue weighted by Gasteiger charge is -2.19. The van der Waals surface area contributed by atoms with E-state index < -0.39 is 30.3 Å². The van der Waals surface area contributed by atoms with Gasteiger partial charge in [-0.2, -0.15) is 13.2 Å². The van der Waals surface area contributed by atoms with Gasteiger partial charge in [-0.3, -0.25) is 9.59 Å². The van der Waals surface area contributed by atoms with Gasteiger partial charge in [0.1, 0.15) is 6.04 Å². The second-order valence-electron chi connectivity index (χ2n) is 5.58. The fraction of sp³-hybridized carbons (Fsp3) is 0.222. The zero-order valence-corrected chi connectivity index (χ0v) is 14.0. The third-order valence-electron chi connectivity index (χ3n) is 3.50. The van der Waals surface area contributed by atoms with Crippen molar-refractivity contribution in [3.05, 3.63) is 70.2 Å². The Hall–Kier alpha value is -2.34. The first-order chi connectivity index (χ1) is 11.7. The van der Waals surface area contributed by atoms with Crippen molar-refractivity contribution >= 4 is 23.3 Å². The Labute approximate surface area is 147 Å². The molecule has 1 atom stereocenters. The first-order valence-electron chi connectivity index (χ1n) is 7.40. The van der Waals surface area contributed by atoms with Crippen molar-refractivity contribution in [3.63, 3.8) is 0 Å². The Kier molecular flexibility index (Phi) is 5.85. The molecule has 0 aromatic heterocycles. The number of ketones is 1. The van der Waals surface area contributed by atoms with Crippen LogP contribution >= 0.6 is 11.6 Å². The summed E-state index contributed by atoms with van der Waals surface area (Å²) in [6, 6.07) is 10.1. The molecule has 2 aromatic carbocycles. The van der Waals surface area contributed by atoms with Gasteiger partial charge in [0, 0.05) is 16.1 Å². The normalized spacial score (nSPS) is 12.5. The maximum atomic E-state index is 12.8. The van der Waals surface area contributed by atoms with Gasteiger partial charge in [-0.15, -0.1) is 0 Å². The van der Waals surface area contributed by atoms with Crippen LogP contribution in [0.25, 0.3) is 0 Å². The predicted molar refractivity (Wildman–Crippen MR) is 88.9 cm³/mol. The van der Waals surface area contributed by atoms with Crippen LogP contribution in [0.3, 0.4) is 0 Å². The molecule has 2 rings (SSSR count). The average Bonchev–Trinajstić information content (AvgIpc) is 2.53.